The third-order valence-electron chi connectivity index (χ3n) is 3.87. The van der Waals surface area contributed by atoms with Gasteiger partial charge in [-0.3, -0.25) is 0 Å². The number of rotatable bonds is 4. The van der Waals surface area contributed by atoms with Gasteiger partial charge in [-0.15, -0.1) is 0 Å². The smallest absolute Gasteiger partial charge is 0.369 e. The lowest BCUT2D eigenvalue weighted by atomic mass is 9.96. The number of carbonyl (C=O) groups excluding carboxylic acids is 1. The van der Waals surface area contributed by atoms with E-state index in [9.17, 15) is 4.79 Å². The first-order valence-electron chi connectivity index (χ1n) is 7.28. The van der Waals surface area contributed by atoms with Crippen molar-refractivity contribution in [3.8, 4) is 0 Å². The summed E-state index contributed by atoms with van der Waals surface area (Å²) in [5.41, 5.74) is 1.07. The number of esters is 1. The molecule has 0 saturated carbocycles. The molecular formula is C16H24NO2+. The summed E-state index contributed by atoms with van der Waals surface area (Å²) in [5.74, 6) is 0.599. The summed E-state index contributed by atoms with van der Waals surface area (Å²) in [4.78, 5) is 13.7. The summed E-state index contributed by atoms with van der Waals surface area (Å²) in [7, 11) is 0. The zero-order chi connectivity index (χ0) is 13.7. The Bertz CT molecular complexity index is 404. The molecule has 1 aliphatic heterocycles. The Labute approximate surface area is 115 Å². The van der Waals surface area contributed by atoms with Gasteiger partial charge in [0.05, 0.1) is 19.7 Å². The van der Waals surface area contributed by atoms with E-state index in [1.165, 1.54) is 17.7 Å². The van der Waals surface area contributed by atoms with E-state index in [1.54, 1.807) is 0 Å². The fourth-order valence-corrected chi connectivity index (χ4v) is 3.00. The average molecular weight is 262 g/mol. The molecule has 3 heteroatoms. The van der Waals surface area contributed by atoms with Gasteiger partial charge < -0.3 is 9.64 Å². The molecule has 19 heavy (non-hydrogen) atoms. The minimum absolute atomic E-state index is 0.0854. The summed E-state index contributed by atoms with van der Waals surface area (Å²) in [5, 5.41) is 0. The van der Waals surface area contributed by atoms with Gasteiger partial charge in [0.15, 0.2) is 0 Å². The fourth-order valence-electron chi connectivity index (χ4n) is 3.00. The summed E-state index contributed by atoms with van der Waals surface area (Å²) in [6.07, 6.45) is 2.47. The molecule has 0 bridgehead atoms. The van der Waals surface area contributed by atoms with Crippen LogP contribution in [-0.2, 0) is 9.53 Å². The van der Waals surface area contributed by atoms with E-state index in [-0.39, 0.29) is 12.0 Å². The number of ether oxygens (including phenoxy) is 1. The number of carbonyl (C=O) groups is 1. The molecule has 104 valence electrons. The predicted molar refractivity (Wildman–Crippen MR) is 74.9 cm³/mol. The summed E-state index contributed by atoms with van der Waals surface area (Å²) >= 11 is 0. The summed E-state index contributed by atoms with van der Waals surface area (Å²) < 4.78 is 5.29. The fraction of sp³-hybridized carbons (Fsp3) is 0.562. The Hall–Kier alpha value is -1.35. The van der Waals surface area contributed by atoms with Gasteiger partial charge in [-0.25, -0.2) is 4.79 Å². The third kappa shape index (κ3) is 3.57. The number of likely N-dealkylation sites (tertiary alicyclic amines) is 1. The second kappa shape index (κ2) is 6.71. The quantitative estimate of drug-likeness (QED) is 0.836. The molecule has 1 aliphatic rings. The molecule has 1 heterocycles. The Balaban J connectivity index is 2.21. The first-order chi connectivity index (χ1) is 9.22. The molecule has 3 nitrogen and oxygen atoms in total. The molecule has 1 fully saturated rings. The van der Waals surface area contributed by atoms with Crippen molar-refractivity contribution in [2.75, 3.05) is 19.7 Å². The van der Waals surface area contributed by atoms with E-state index in [0.717, 1.165) is 18.7 Å². The van der Waals surface area contributed by atoms with E-state index in [1.807, 2.05) is 37.3 Å². The molecule has 1 N–H and O–H groups in total. The SMILES string of the molecule is CCOC(=O)[C@H](c1ccccc1)[NH+]1CCC[C@H](C)C1. The van der Waals surface area contributed by atoms with Crippen molar-refractivity contribution in [3.63, 3.8) is 0 Å². The second-order valence-electron chi connectivity index (χ2n) is 5.46. The molecule has 1 saturated heterocycles. The number of benzene rings is 1. The van der Waals surface area contributed by atoms with Crippen LogP contribution in [-0.4, -0.2) is 25.7 Å². The monoisotopic (exact) mass is 262 g/mol. The Morgan fingerprint density at radius 2 is 2.16 bits per heavy atom. The van der Waals surface area contributed by atoms with Crippen molar-refractivity contribution in [2.24, 2.45) is 5.92 Å². The van der Waals surface area contributed by atoms with Crippen molar-refractivity contribution in [1.29, 1.82) is 0 Å². The minimum atomic E-state index is -0.163. The maximum Gasteiger partial charge on any atom is 0.369 e. The van der Waals surface area contributed by atoms with Gasteiger partial charge in [-0.05, 0) is 19.8 Å². The maximum absolute atomic E-state index is 12.3. The Morgan fingerprint density at radius 1 is 1.42 bits per heavy atom. The van der Waals surface area contributed by atoms with Crippen LogP contribution in [0.5, 0.6) is 0 Å². The number of nitrogens with one attached hydrogen (secondary N) is 1. The number of quaternary nitrogens is 1. The first-order valence-corrected chi connectivity index (χ1v) is 7.28. The van der Waals surface area contributed by atoms with Crippen LogP contribution in [0.1, 0.15) is 38.3 Å². The van der Waals surface area contributed by atoms with E-state index in [2.05, 4.69) is 6.92 Å². The molecule has 1 unspecified atom stereocenters. The summed E-state index contributed by atoms with van der Waals surface area (Å²) in [6.45, 7) is 6.70. The Kier molecular flexibility index (Phi) is 4.97. The number of piperidine rings is 1. The third-order valence-corrected chi connectivity index (χ3v) is 3.87. The van der Waals surface area contributed by atoms with Crippen LogP contribution >= 0.6 is 0 Å². The highest BCUT2D eigenvalue weighted by Gasteiger charge is 2.35. The summed E-state index contributed by atoms with van der Waals surface area (Å²) in [6, 6.07) is 9.88. The van der Waals surface area contributed by atoms with Crippen molar-refractivity contribution in [2.45, 2.75) is 32.7 Å². The van der Waals surface area contributed by atoms with E-state index >= 15 is 0 Å². The minimum Gasteiger partial charge on any atom is -0.461 e. The highest BCUT2D eigenvalue weighted by atomic mass is 16.5. The van der Waals surface area contributed by atoms with Crippen molar-refractivity contribution < 1.29 is 14.4 Å². The Morgan fingerprint density at radius 3 is 2.79 bits per heavy atom. The maximum atomic E-state index is 12.3. The lowest BCUT2D eigenvalue weighted by Gasteiger charge is -2.33. The van der Waals surface area contributed by atoms with Crippen LogP contribution in [0.25, 0.3) is 0 Å². The molecule has 0 aromatic heterocycles. The van der Waals surface area contributed by atoms with Crippen molar-refractivity contribution >= 4 is 5.97 Å². The highest BCUT2D eigenvalue weighted by Crippen LogP contribution is 2.14. The van der Waals surface area contributed by atoms with Crippen molar-refractivity contribution in [1.82, 2.24) is 0 Å². The topological polar surface area (TPSA) is 30.7 Å². The number of hydrogen-bond donors (Lipinski definition) is 1. The van der Waals surface area contributed by atoms with Gasteiger partial charge in [0.2, 0.25) is 6.04 Å². The van der Waals surface area contributed by atoms with Gasteiger partial charge >= 0.3 is 5.97 Å². The number of hydrogen-bond acceptors (Lipinski definition) is 2. The van der Waals surface area contributed by atoms with E-state index < -0.39 is 0 Å². The van der Waals surface area contributed by atoms with Crippen LogP contribution in [0.3, 0.4) is 0 Å². The van der Waals surface area contributed by atoms with Crippen LogP contribution in [0.4, 0.5) is 0 Å². The van der Waals surface area contributed by atoms with E-state index in [0.29, 0.717) is 12.5 Å². The van der Waals surface area contributed by atoms with Gasteiger partial charge in [0.1, 0.15) is 0 Å². The van der Waals surface area contributed by atoms with Crippen molar-refractivity contribution in [3.05, 3.63) is 35.9 Å². The molecule has 3 atom stereocenters. The molecule has 2 rings (SSSR count). The normalized spacial score (nSPS) is 24.7. The van der Waals surface area contributed by atoms with Crippen LogP contribution < -0.4 is 4.90 Å². The standard InChI is InChI=1S/C16H23NO2/c1-3-19-16(18)15(14-9-5-4-6-10-14)17-11-7-8-13(2)12-17/h4-6,9-10,13,15H,3,7-8,11-12H2,1-2H3/p+1/t13-,15-/m0/s1. The largest absolute Gasteiger partial charge is 0.461 e. The molecule has 1 aromatic rings. The van der Waals surface area contributed by atoms with Gasteiger partial charge in [-0.2, -0.15) is 0 Å². The molecule has 0 radical (unpaired) electrons. The molecule has 0 spiro atoms. The van der Waals surface area contributed by atoms with Gasteiger partial charge in [0, 0.05) is 11.5 Å². The van der Waals surface area contributed by atoms with Crippen LogP contribution in [0.2, 0.25) is 0 Å². The van der Waals surface area contributed by atoms with Gasteiger partial charge in [-0.1, -0.05) is 37.3 Å². The van der Waals surface area contributed by atoms with Crippen LogP contribution in [0.15, 0.2) is 30.3 Å². The lowest BCUT2D eigenvalue weighted by molar-refractivity contribution is -0.930. The zero-order valence-electron chi connectivity index (χ0n) is 11.9. The average Bonchev–Trinajstić information content (AvgIpc) is 2.40. The molecule has 0 aliphatic carbocycles. The molecule has 1 aromatic carbocycles. The molecule has 0 amide bonds. The second-order valence-corrected chi connectivity index (χ2v) is 5.46. The zero-order valence-corrected chi connectivity index (χ0v) is 11.9. The highest BCUT2D eigenvalue weighted by molar-refractivity contribution is 5.76. The first kappa shape index (κ1) is 14.1. The molecular weight excluding hydrogens is 238 g/mol. The predicted octanol–water partition coefficient (Wildman–Crippen LogP) is 1.61. The lowest BCUT2D eigenvalue weighted by Crippen LogP contribution is -3.14. The van der Waals surface area contributed by atoms with E-state index in [4.69, 9.17) is 4.74 Å². The van der Waals surface area contributed by atoms with Crippen LogP contribution in [0, 0.1) is 5.92 Å². The van der Waals surface area contributed by atoms with Gasteiger partial charge in [0.25, 0.3) is 0 Å².